The highest BCUT2D eigenvalue weighted by Gasteiger charge is 2.26. The summed E-state index contributed by atoms with van der Waals surface area (Å²) < 4.78 is 31.7. The molecular weight excluding hydrogens is 418 g/mol. The first-order valence-corrected chi connectivity index (χ1v) is 12.4. The van der Waals surface area contributed by atoms with Crippen LogP contribution in [0.25, 0.3) is 0 Å². The van der Waals surface area contributed by atoms with E-state index >= 15 is 0 Å². The van der Waals surface area contributed by atoms with E-state index in [0.717, 1.165) is 49.5 Å². The molecule has 2 fully saturated rings. The molecule has 0 aliphatic carbocycles. The van der Waals surface area contributed by atoms with E-state index in [2.05, 4.69) is 11.8 Å². The van der Waals surface area contributed by atoms with Gasteiger partial charge < -0.3 is 14.5 Å². The Labute approximate surface area is 185 Å². The van der Waals surface area contributed by atoms with Gasteiger partial charge in [0.2, 0.25) is 10.0 Å². The zero-order valence-electron chi connectivity index (χ0n) is 18.7. The first-order chi connectivity index (χ1) is 14.7. The van der Waals surface area contributed by atoms with Crippen LogP contribution in [0.3, 0.4) is 0 Å². The van der Waals surface area contributed by atoms with Gasteiger partial charge in [-0.2, -0.15) is 0 Å². The van der Waals surface area contributed by atoms with Crippen LogP contribution in [0.4, 0.5) is 5.69 Å². The normalized spacial score (nSPS) is 20.1. The molecule has 0 N–H and O–H groups in total. The molecule has 9 heteroatoms. The van der Waals surface area contributed by atoms with Crippen LogP contribution < -0.4 is 4.90 Å². The van der Waals surface area contributed by atoms with Crippen molar-refractivity contribution in [3.8, 4) is 0 Å². The Bertz CT molecular complexity index is 910. The summed E-state index contributed by atoms with van der Waals surface area (Å²) in [7, 11) is -0.806. The van der Waals surface area contributed by atoms with E-state index in [1.165, 1.54) is 26.2 Å². The number of hydrogen-bond donors (Lipinski definition) is 0. The van der Waals surface area contributed by atoms with Crippen LogP contribution in [0, 0.1) is 5.92 Å². The maximum absolute atomic E-state index is 13.0. The monoisotopic (exact) mass is 451 g/mol. The van der Waals surface area contributed by atoms with E-state index in [1.54, 1.807) is 11.0 Å². The molecule has 172 valence electrons. The number of nitrogens with zero attached hydrogens (tertiary/aromatic N) is 3. The maximum atomic E-state index is 13.0. The summed E-state index contributed by atoms with van der Waals surface area (Å²) >= 11 is 0. The van der Waals surface area contributed by atoms with Gasteiger partial charge in [0, 0.05) is 40.3 Å². The van der Waals surface area contributed by atoms with Crippen LogP contribution in [0.15, 0.2) is 23.1 Å². The first kappa shape index (κ1) is 23.5. The van der Waals surface area contributed by atoms with Crippen molar-refractivity contribution in [3.05, 3.63) is 23.8 Å². The Morgan fingerprint density at radius 2 is 1.81 bits per heavy atom. The highest BCUT2D eigenvalue weighted by molar-refractivity contribution is 7.89. The molecule has 0 aromatic heterocycles. The molecule has 2 aliphatic heterocycles. The second kappa shape index (κ2) is 9.99. The number of ether oxygens (including phenoxy) is 1. The first-order valence-electron chi connectivity index (χ1n) is 11.0. The van der Waals surface area contributed by atoms with Crippen LogP contribution in [-0.2, 0) is 19.6 Å². The molecule has 2 heterocycles. The number of piperidine rings is 2. The van der Waals surface area contributed by atoms with Crippen LogP contribution in [-0.4, -0.2) is 76.4 Å². The van der Waals surface area contributed by atoms with Gasteiger partial charge >= 0.3 is 5.97 Å². The molecular formula is C22H33N3O5S. The lowest BCUT2D eigenvalue weighted by atomic mass is 10.0. The minimum absolute atomic E-state index is 0.0291. The van der Waals surface area contributed by atoms with Gasteiger partial charge in [-0.25, -0.2) is 17.5 Å². The van der Waals surface area contributed by atoms with Gasteiger partial charge in [-0.15, -0.1) is 0 Å². The average molecular weight is 452 g/mol. The fourth-order valence-electron chi connectivity index (χ4n) is 4.17. The lowest BCUT2D eigenvalue weighted by Crippen LogP contribution is -2.41. The summed E-state index contributed by atoms with van der Waals surface area (Å²) in [6.07, 6.45) is 5.20. The standard InChI is InChI=1S/C22H33N3O5S/c1-17-8-7-13-25(15-17)21(26)16-30-22(27)19-14-18(31(28,29)23(2)3)9-10-20(19)24-11-5-4-6-12-24/h9-10,14,17H,4-8,11-13,15-16H2,1-3H3. The highest BCUT2D eigenvalue weighted by Crippen LogP contribution is 2.28. The third-order valence-electron chi connectivity index (χ3n) is 6.00. The number of benzene rings is 1. The number of amides is 1. The van der Waals surface area contributed by atoms with Crippen molar-refractivity contribution >= 4 is 27.6 Å². The largest absolute Gasteiger partial charge is 0.452 e. The summed E-state index contributed by atoms with van der Waals surface area (Å²) in [5.41, 5.74) is 0.839. The lowest BCUT2D eigenvalue weighted by Gasteiger charge is -2.31. The summed E-state index contributed by atoms with van der Waals surface area (Å²) in [5.74, 6) is -0.446. The molecule has 0 saturated carbocycles. The Morgan fingerprint density at radius 3 is 2.45 bits per heavy atom. The minimum atomic E-state index is -3.70. The van der Waals surface area contributed by atoms with Crippen molar-refractivity contribution in [2.75, 3.05) is 51.8 Å². The van der Waals surface area contributed by atoms with Gasteiger partial charge in [0.25, 0.3) is 5.91 Å². The molecule has 31 heavy (non-hydrogen) atoms. The van der Waals surface area contributed by atoms with Gasteiger partial charge in [-0.1, -0.05) is 6.92 Å². The molecule has 2 saturated heterocycles. The molecule has 1 aromatic carbocycles. The predicted octanol–water partition coefficient (Wildman–Crippen LogP) is 2.34. The number of sulfonamides is 1. The van der Waals surface area contributed by atoms with Crippen molar-refractivity contribution in [3.63, 3.8) is 0 Å². The molecule has 2 aliphatic rings. The highest BCUT2D eigenvalue weighted by atomic mass is 32.2. The Balaban J connectivity index is 1.81. The zero-order valence-corrected chi connectivity index (χ0v) is 19.5. The van der Waals surface area contributed by atoms with Crippen LogP contribution >= 0.6 is 0 Å². The smallest absolute Gasteiger partial charge is 0.340 e. The van der Waals surface area contributed by atoms with Crippen molar-refractivity contribution in [1.29, 1.82) is 0 Å². The molecule has 0 radical (unpaired) electrons. The van der Waals surface area contributed by atoms with Gasteiger partial charge in [0.05, 0.1) is 16.1 Å². The van der Waals surface area contributed by atoms with E-state index in [4.69, 9.17) is 4.74 Å². The van der Waals surface area contributed by atoms with Gasteiger partial charge in [-0.3, -0.25) is 4.79 Å². The van der Waals surface area contributed by atoms with E-state index in [0.29, 0.717) is 24.7 Å². The van der Waals surface area contributed by atoms with Gasteiger partial charge in [0.1, 0.15) is 0 Å². The Hall–Kier alpha value is -2.13. The van der Waals surface area contributed by atoms with Crippen molar-refractivity contribution < 1.29 is 22.7 Å². The van der Waals surface area contributed by atoms with Crippen LogP contribution in [0.1, 0.15) is 49.4 Å². The number of carbonyl (C=O) groups excluding carboxylic acids is 2. The minimum Gasteiger partial charge on any atom is -0.452 e. The lowest BCUT2D eigenvalue weighted by molar-refractivity contribution is -0.136. The van der Waals surface area contributed by atoms with Gasteiger partial charge in [-0.05, 0) is 56.2 Å². The van der Waals surface area contributed by atoms with Crippen LogP contribution in [0.2, 0.25) is 0 Å². The topological polar surface area (TPSA) is 87.2 Å². The molecule has 3 rings (SSSR count). The quantitative estimate of drug-likeness (QED) is 0.617. The third-order valence-corrected chi connectivity index (χ3v) is 7.81. The molecule has 1 unspecified atom stereocenters. The van der Waals surface area contributed by atoms with E-state index in [9.17, 15) is 18.0 Å². The fourth-order valence-corrected chi connectivity index (χ4v) is 5.10. The van der Waals surface area contributed by atoms with Crippen molar-refractivity contribution in [2.24, 2.45) is 5.92 Å². The molecule has 1 amide bonds. The molecule has 1 aromatic rings. The predicted molar refractivity (Wildman–Crippen MR) is 119 cm³/mol. The van der Waals surface area contributed by atoms with E-state index in [-0.39, 0.29) is 23.0 Å². The zero-order chi connectivity index (χ0) is 22.6. The number of esters is 1. The maximum Gasteiger partial charge on any atom is 0.340 e. The number of rotatable bonds is 6. The fraction of sp³-hybridized carbons (Fsp3) is 0.636. The van der Waals surface area contributed by atoms with Crippen LogP contribution in [0.5, 0.6) is 0 Å². The summed E-state index contributed by atoms with van der Waals surface area (Å²) in [5, 5.41) is 0. The van der Waals surface area contributed by atoms with E-state index < -0.39 is 16.0 Å². The summed E-state index contributed by atoms with van der Waals surface area (Å²) in [4.78, 5) is 29.3. The molecule has 8 nitrogen and oxygen atoms in total. The number of carbonyl (C=O) groups is 2. The number of hydrogen-bond acceptors (Lipinski definition) is 6. The van der Waals surface area contributed by atoms with Gasteiger partial charge in [0.15, 0.2) is 6.61 Å². The molecule has 0 bridgehead atoms. The third kappa shape index (κ3) is 5.57. The second-order valence-corrected chi connectivity index (χ2v) is 10.8. The Morgan fingerprint density at radius 1 is 1.10 bits per heavy atom. The van der Waals surface area contributed by atoms with Crippen molar-refractivity contribution in [2.45, 2.75) is 43.9 Å². The van der Waals surface area contributed by atoms with Crippen molar-refractivity contribution in [1.82, 2.24) is 9.21 Å². The second-order valence-electron chi connectivity index (χ2n) is 8.68. The SMILES string of the molecule is CC1CCCN(C(=O)COC(=O)c2cc(S(=O)(=O)N(C)C)ccc2N2CCCCC2)C1. The average Bonchev–Trinajstić information content (AvgIpc) is 2.77. The summed E-state index contributed by atoms with van der Waals surface area (Å²) in [6.45, 7) is 4.71. The Kier molecular flexibility index (Phi) is 7.59. The molecule has 0 spiro atoms. The number of anilines is 1. The number of likely N-dealkylation sites (tertiary alicyclic amines) is 1. The summed E-state index contributed by atoms with van der Waals surface area (Å²) in [6, 6.07) is 4.57. The van der Waals surface area contributed by atoms with E-state index in [1.807, 2.05) is 0 Å². The molecule has 1 atom stereocenters.